The van der Waals surface area contributed by atoms with Gasteiger partial charge in [0.25, 0.3) is 5.91 Å². The van der Waals surface area contributed by atoms with Gasteiger partial charge < -0.3 is 15.3 Å². The Bertz CT molecular complexity index is 1360. The lowest BCUT2D eigenvalue weighted by molar-refractivity contribution is -0.127. The van der Waals surface area contributed by atoms with E-state index in [1.165, 1.54) is 19.1 Å². The number of hydrogen-bond acceptors (Lipinski definition) is 6. The molecule has 3 aromatic rings. The summed E-state index contributed by atoms with van der Waals surface area (Å²) in [5.41, 5.74) is 0.876. The van der Waals surface area contributed by atoms with E-state index in [4.69, 9.17) is 11.6 Å². The summed E-state index contributed by atoms with van der Waals surface area (Å²) in [6.07, 6.45) is 3.74. The highest BCUT2D eigenvalue weighted by atomic mass is 35.5. The van der Waals surface area contributed by atoms with Gasteiger partial charge in [-0.15, -0.1) is 0 Å². The van der Waals surface area contributed by atoms with Crippen molar-refractivity contribution in [1.29, 1.82) is 0 Å². The van der Waals surface area contributed by atoms with Crippen LogP contribution in [0.3, 0.4) is 0 Å². The molecule has 5 rings (SSSR count). The van der Waals surface area contributed by atoms with E-state index in [2.05, 4.69) is 25.5 Å². The number of hydrogen-bond donors (Lipinski definition) is 3. The Balaban J connectivity index is 1.25. The third-order valence-electron chi connectivity index (χ3n) is 7.05. The van der Waals surface area contributed by atoms with Crippen molar-refractivity contribution in [3.63, 3.8) is 0 Å². The first-order valence-corrected chi connectivity index (χ1v) is 12.3. The van der Waals surface area contributed by atoms with Crippen LogP contribution in [0.25, 0.3) is 11.3 Å². The van der Waals surface area contributed by atoms with Crippen LogP contribution >= 0.6 is 11.6 Å². The Morgan fingerprint density at radius 3 is 2.76 bits per heavy atom. The van der Waals surface area contributed by atoms with Crippen LogP contribution in [0.2, 0.25) is 5.02 Å². The van der Waals surface area contributed by atoms with Crippen molar-refractivity contribution >= 4 is 23.4 Å². The molecule has 3 aromatic heterocycles. The van der Waals surface area contributed by atoms with E-state index in [-0.39, 0.29) is 40.6 Å². The molecule has 1 aliphatic heterocycles. The van der Waals surface area contributed by atoms with Gasteiger partial charge in [-0.1, -0.05) is 11.6 Å². The first kappa shape index (κ1) is 25.2. The topological polar surface area (TPSA) is 124 Å². The van der Waals surface area contributed by atoms with Gasteiger partial charge in [-0.3, -0.25) is 24.7 Å². The first-order chi connectivity index (χ1) is 17.7. The number of rotatable bonds is 6. The summed E-state index contributed by atoms with van der Waals surface area (Å²) in [6, 6.07) is 4.05. The Kier molecular flexibility index (Phi) is 6.67. The van der Waals surface area contributed by atoms with Crippen molar-refractivity contribution in [3.8, 4) is 11.3 Å². The summed E-state index contributed by atoms with van der Waals surface area (Å²) < 4.78 is 27.6. The number of nitrogens with one attached hydrogen (secondary N) is 2. The van der Waals surface area contributed by atoms with E-state index in [0.717, 1.165) is 31.3 Å². The number of likely N-dealkylation sites (tertiary alicyclic amines) is 1. The average Bonchev–Trinajstić information content (AvgIpc) is 3.44. The van der Waals surface area contributed by atoms with Crippen LogP contribution in [-0.4, -0.2) is 54.1 Å². The largest absolute Gasteiger partial charge is 0.387 e. The molecule has 1 saturated heterocycles. The van der Waals surface area contributed by atoms with Crippen LogP contribution in [0.1, 0.15) is 60.6 Å². The molecule has 194 valence electrons. The predicted molar refractivity (Wildman–Crippen MR) is 129 cm³/mol. The van der Waals surface area contributed by atoms with Gasteiger partial charge in [-0.2, -0.15) is 5.10 Å². The zero-order valence-corrected chi connectivity index (χ0v) is 20.7. The number of aliphatic hydroxyl groups excluding tert-OH is 1. The van der Waals surface area contributed by atoms with Crippen LogP contribution in [0.4, 0.5) is 8.78 Å². The number of piperidine rings is 1. The molecular weight excluding hydrogens is 506 g/mol. The van der Waals surface area contributed by atoms with Gasteiger partial charge in [0, 0.05) is 23.6 Å². The predicted octanol–water partition coefficient (Wildman–Crippen LogP) is 3.55. The SMILES string of the molecule is C[C@@H](O)c1cc(-c2cc(C(=O)N3CC[C@H](C(=O)NCc4ncc(F)cc4Cl)CC34CC4)n[nH]2)c(F)cn1. The molecule has 1 saturated carbocycles. The maximum atomic E-state index is 14.4. The van der Waals surface area contributed by atoms with Crippen molar-refractivity contribution in [2.75, 3.05) is 6.54 Å². The second kappa shape index (κ2) is 9.79. The van der Waals surface area contributed by atoms with Crippen molar-refractivity contribution < 1.29 is 23.5 Å². The standard InChI is InChI=1S/C25H25ClF2N6O3/c1-13(35)19-7-16(18(28)11-30-19)20-8-21(33-32-20)24(37)34-5-2-14(9-25(34)3-4-25)23(36)31-12-22-17(26)6-15(27)10-29-22/h6-8,10-11,13-14,35H,2-5,9,12H2,1H3,(H,31,36)(H,32,33)/t13-,14+/m1/s1. The highest BCUT2D eigenvalue weighted by Crippen LogP contribution is 2.50. The molecule has 12 heteroatoms. The third kappa shape index (κ3) is 5.05. The van der Waals surface area contributed by atoms with E-state index in [1.807, 2.05) is 0 Å². The van der Waals surface area contributed by atoms with Gasteiger partial charge in [0.05, 0.1) is 47.1 Å². The molecule has 0 aromatic carbocycles. The molecule has 0 unspecified atom stereocenters. The van der Waals surface area contributed by atoms with E-state index < -0.39 is 23.3 Å². The van der Waals surface area contributed by atoms with Crippen LogP contribution in [0.15, 0.2) is 30.6 Å². The molecular formula is C25H25ClF2N6O3. The minimum absolute atomic E-state index is 0.0858. The molecule has 37 heavy (non-hydrogen) atoms. The Morgan fingerprint density at radius 2 is 2.05 bits per heavy atom. The number of carbonyl (C=O) groups excluding carboxylic acids is 2. The number of carbonyl (C=O) groups is 2. The zero-order valence-electron chi connectivity index (χ0n) is 20.0. The summed E-state index contributed by atoms with van der Waals surface area (Å²) in [7, 11) is 0. The molecule has 1 spiro atoms. The van der Waals surface area contributed by atoms with Crippen molar-refractivity contribution in [2.24, 2.45) is 5.92 Å². The first-order valence-electron chi connectivity index (χ1n) is 12.0. The van der Waals surface area contributed by atoms with E-state index in [9.17, 15) is 23.5 Å². The number of aromatic amines is 1. The molecule has 9 nitrogen and oxygen atoms in total. The lowest BCUT2D eigenvalue weighted by Gasteiger charge is -2.39. The van der Waals surface area contributed by atoms with Crippen LogP contribution in [0.5, 0.6) is 0 Å². The monoisotopic (exact) mass is 530 g/mol. The maximum absolute atomic E-state index is 14.4. The highest BCUT2D eigenvalue weighted by molar-refractivity contribution is 6.31. The summed E-state index contributed by atoms with van der Waals surface area (Å²) >= 11 is 6.00. The highest BCUT2D eigenvalue weighted by Gasteiger charge is 2.54. The normalized spacial score (nSPS) is 19.1. The Labute approximate surface area is 216 Å². The average molecular weight is 531 g/mol. The van der Waals surface area contributed by atoms with Crippen molar-refractivity contribution in [1.82, 2.24) is 30.4 Å². The summed E-state index contributed by atoms with van der Waals surface area (Å²) in [6.45, 7) is 1.99. The van der Waals surface area contributed by atoms with Crippen LogP contribution in [-0.2, 0) is 11.3 Å². The molecule has 1 aliphatic carbocycles. The molecule has 2 atom stereocenters. The van der Waals surface area contributed by atoms with E-state index in [0.29, 0.717) is 36.5 Å². The molecule has 3 N–H and O–H groups in total. The summed E-state index contributed by atoms with van der Waals surface area (Å²) in [5, 5.41) is 19.6. The molecule has 2 amide bonds. The molecule has 2 fully saturated rings. The molecule has 0 bridgehead atoms. The summed E-state index contributed by atoms with van der Waals surface area (Å²) in [5.74, 6) is -1.89. The third-order valence-corrected chi connectivity index (χ3v) is 7.38. The maximum Gasteiger partial charge on any atom is 0.274 e. The van der Waals surface area contributed by atoms with E-state index >= 15 is 0 Å². The van der Waals surface area contributed by atoms with Crippen molar-refractivity contribution in [2.45, 2.75) is 50.8 Å². The number of pyridine rings is 2. The number of H-pyrrole nitrogens is 1. The fourth-order valence-electron chi connectivity index (χ4n) is 4.84. The minimum Gasteiger partial charge on any atom is -0.387 e. The smallest absolute Gasteiger partial charge is 0.274 e. The van der Waals surface area contributed by atoms with Crippen LogP contribution in [0, 0.1) is 17.6 Å². The quantitative estimate of drug-likeness (QED) is 0.448. The second-order valence-corrected chi connectivity index (χ2v) is 10.0. The second-order valence-electron chi connectivity index (χ2n) is 9.60. The van der Waals surface area contributed by atoms with Crippen LogP contribution < -0.4 is 5.32 Å². The number of amides is 2. The fraction of sp³-hybridized carbons (Fsp3) is 0.400. The number of aliphatic hydroxyl groups is 1. The van der Waals surface area contributed by atoms with Gasteiger partial charge in [0.15, 0.2) is 11.5 Å². The Morgan fingerprint density at radius 1 is 1.27 bits per heavy atom. The lowest BCUT2D eigenvalue weighted by atomic mass is 9.88. The fourth-order valence-corrected chi connectivity index (χ4v) is 5.06. The Hall–Kier alpha value is -3.44. The summed E-state index contributed by atoms with van der Waals surface area (Å²) in [4.78, 5) is 35.8. The minimum atomic E-state index is -0.875. The molecule has 2 aliphatic rings. The molecule has 0 radical (unpaired) electrons. The van der Waals surface area contributed by atoms with Gasteiger partial charge in [0.2, 0.25) is 5.91 Å². The van der Waals surface area contributed by atoms with Gasteiger partial charge in [-0.25, -0.2) is 8.78 Å². The zero-order chi connectivity index (χ0) is 26.3. The van der Waals surface area contributed by atoms with Crippen molar-refractivity contribution in [3.05, 3.63) is 64.3 Å². The number of aromatic nitrogens is 4. The van der Waals surface area contributed by atoms with E-state index in [1.54, 1.807) is 4.90 Å². The number of nitrogens with zero attached hydrogens (tertiary/aromatic N) is 4. The lowest BCUT2D eigenvalue weighted by Crippen LogP contribution is -2.50. The number of halogens is 3. The van der Waals surface area contributed by atoms with Gasteiger partial charge in [0.1, 0.15) is 5.82 Å². The van der Waals surface area contributed by atoms with Gasteiger partial charge in [-0.05, 0) is 50.8 Å². The van der Waals surface area contributed by atoms with Gasteiger partial charge >= 0.3 is 0 Å². The molecule has 4 heterocycles.